The van der Waals surface area contributed by atoms with Crippen molar-refractivity contribution in [3.05, 3.63) is 110 Å². The predicted octanol–water partition coefficient (Wildman–Crippen LogP) is 5.42. The van der Waals surface area contributed by atoms with Gasteiger partial charge in [-0.3, -0.25) is 34.2 Å². The van der Waals surface area contributed by atoms with Gasteiger partial charge in [-0.2, -0.15) is 0 Å². The Balaban J connectivity index is 1.38. The molecule has 7 rings (SSSR count). The van der Waals surface area contributed by atoms with Crippen LogP contribution in [0.3, 0.4) is 0 Å². The number of benzene rings is 3. The minimum atomic E-state index is -0.778. The van der Waals surface area contributed by atoms with E-state index >= 15 is 0 Å². The van der Waals surface area contributed by atoms with Gasteiger partial charge in [-0.25, -0.2) is 0 Å². The molecule has 4 atom stereocenters. The van der Waals surface area contributed by atoms with Crippen LogP contribution in [0, 0.1) is 27.9 Å². The van der Waals surface area contributed by atoms with Gasteiger partial charge in [0.2, 0.25) is 11.8 Å². The lowest BCUT2D eigenvalue weighted by molar-refractivity contribution is -0.384. The van der Waals surface area contributed by atoms with Crippen molar-refractivity contribution in [2.75, 3.05) is 4.90 Å². The largest absolute Gasteiger partial charge is 0.507 e. The number of nitro benzene ring substituents is 1. The molecule has 3 aromatic rings. The number of ketones is 2. The Morgan fingerprint density at radius 2 is 1.62 bits per heavy atom. The Hall–Kier alpha value is -4.70. The molecule has 1 N–H and O–H groups in total. The van der Waals surface area contributed by atoms with Gasteiger partial charge < -0.3 is 5.11 Å². The number of halogens is 1. The molecule has 3 aromatic carbocycles. The maximum Gasteiger partial charge on any atom is 0.269 e. The summed E-state index contributed by atoms with van der Waals surface area (Å²) in [5.74, 6) is -4.02. The van der Waals surface area contributed by atoms with Crippen molar-refractivity contribution < 1.29 is 29.2 Å². The van der Waals surface area contributed by atoms with E-state index in [2.05, 4.69) is 15.9 Å². The van der Waals surface area contributed by atoms with Crippen LogP contribution in [0.5, 0.6) is 5.75 Å². The number of rotatable bonds is 3. The lowest BCUT2D eigenvalue weighted by Crippen LogP contribution is -2.39. The molecule has 42 heavy (non-hydrogen) atoms. The Morgan fingerprint density at radius 3 is 2.33 bits per heavy atom. The first-order valence-corrected chi connectivity index (χ1v) is 14.2. The Kier molecular flexibility index (Phi) is 5.88. The number of carbonyl (C=O) groups excluding carboxylic acids is 4. The molecule has 2 amide bonds. The normalized spacial score (nSPS) is 25.2. The third kappa shape index (κ3) is 3.68. The highest BCUT2D eigenvalue weighted by molar-refractivity contribution is 9.12. The zero-order valence-electron chi connectivity index (χ0n) is 21.8. The van der Waals surface area contributed by atoms with Crippen LogP contribution in [-0.2, 0) is 19.2 Å². The van der Waals surface area contributed by atoms with E-state index in [9.17, 15) is 34.4 Å². The first kappa shape index (κ1) is 26.2. The molecule has 1 fully saturated rings. The highest BCUT2D eigenvalue weighted by atomic mass is 79.9. The van der Waals surface area contributed by atoms with Gasteiger partial charge in [-0.1, -0.05) is 42.0 Å². The molecule has 3 aliphatic carbocycles. The number of carbonyl (C=O) groups is 4. The minimum Gasteiger partial charge on any atom is -0.507 e. The number of nitro groups is 1. The van der Waals surface area contributed by atoms with Crippen molar-refractivity contribution in [3.63, 3.8) is 0 Å². The summed E-state index contributed by atoms with van der Waals surface area (Å²) in [5.41, 5.74) is 2.27. The number of phenolic OH excluding ortho intramolecular Hbond substituents is 1. The zero-order chi connectivity index (χ0) is 29.4. The summed E-state index contributed by atoms with van der Waals surface area (Å²) in [6, 6.07) is 15.8. The van der Waals surface area contributed by atoms with Crippen molar-refractivity contribution in [1.29, 1.82) is 0 Å². The fraction of sp³-hybridized carbons (Fsp3) is 0.188. The van der Waals surface area contributed by atoms with E-state index in [0.29, 0.717) is 21.9 Å². The minimum absolute atomic E-state index is 0.0811. The first-order valence-electron chi connectivity index (χ1n) is 13.4. The Morgan fingerprint density at radius 1 is 0.905 bits per heavy atom. The van der Waals surface area contributed by atoms with Crippen molar-refractivity contribution >= 4 is 61.5 Å². The van der Waals surface area contributed by atoms with Crippen LogP contribution in [0.1, 0.15) is 24.3 Å². The number of allylic oxidation sites excluding steroid dienone is 6. The number of non-ortho nitro benzene ring substituents is 1. The van der Waals surface area contributed by atoms with E-state index in [1.165, 1.54) is 30.3 Å². The molecule has 1 saturated heterocycles. The van der Waals surface area contributed by atoms with E-state index in [4.69, 9.17) is 0 Å². The predicted molar refractivity (Wildman–Crippen MR) is 156 cm³/mol. The molecule has 10 heteroatoms. The number of imide groups is 1. The molecule has 0 bridgehead atoms. The van der Waals surface area contributed by atoms with Gasteiger partial charge in [0.1, 0.15) is 5.75 Å². The number of fused-ring (bicyclic) bond motifs is 4. The molecular formula is C32H21BrN2O7. The molecule has 4 aliphatic rings. The third-order valence-electron chi connectivity index (χ3n) is 8.90. The van der Waals surface area contributed by atoms with Gasteiger partial charge in [-0.05, 0) is 63.8 Å². The van der Waals surface area contributed by atoms with E-state index in [0.717, 1.165) is 16.0 Å². The van der Waals surface area contributed by atoms with Gasteiger partial charge in [0, 0.05) is 40.7 Å². The molecule has 9 nitrogen and oxygen atoms in total. The third-order valence-corrected chi connectivity index (χ3v) is 9.48. The first-order chi connectivity index (χ1) is 20.2. The van der Waals surface area contributed by atoms with Gasteiger partial charge in [0.15, 0.2) is 11.6 Å². The SMILES string of the molecule is O=C1C=C(Br)C(=O)C2=C1[C@@H](c1ccc(O)c3ccccc13)C1=CC[C@@H]3C(=O)N(c4ccc([N+](=O)[O-])cc4)C(=O)[C@@H]3[C@@H]1C2. The van der Waals surface area contributed by atoms with E-state index in [-0.39, 0.29) is 46.0 Å². The summed E-state index contributed by atoms with van der Waals surface area (Å²) >= 11 is 3.24. The maximum absolute atomic E-state index is 14.0. The second kappa shape index (κ2) is 9.42. The fourth-order valence-electron chi connectivity index (χ4n) is 7.10. The summed E-state index contributed by atoms with van der Waals surface area (Å²) < 4.78 is 0.140. The van der Waals surface area contributed by atoms with Crippen molar-refractivity contribution in [2.24, 2.45) is 17.8 Å². The summed E-state index contributed by atoms with van der Waals surface area (Å²) in [6.45, 7) is 0. The second-order valence-corrected chi connectivity index (χ2v) is 11.8. The molecule has 0 aromatic heterocycles. The molecule has 0 saturated carbocycles. The lowest BCUT2D eigenvalue weighted by Gasteiger charge is -2.42. The highest BCUT2D eigenvalue weighted by Gasteiger charge is 2.56. The quantitative estimate of drug-likeness (QED) is 0.135. The van der Waals surface area contributed by atoms with E-state index in [1.54, 1.807) is 24.3 Å². The Labute approximate surface area is 247 Å². The number of hydrogen-bond acceptors (Lipinski definition) is 7. The summed E-state index contributed by atoms with van der Waals surface area (Å²) in [5, 5.41) is 23.0. The number of nitrogens with zero attached hydrogens (tertiary/aromatic N) is 2. The van der Waals surface area contributed by atoms with E-state index in [1.807, 2.05) is 18.2 Å². The van der Waals surface area contributed by atoms with Gasteiger partial charge >= 0.3 is 0 Å². The van der Waals surface area contributed by atoms with Gasteiger partial charge in [-0.15, -0.1) is 0 Å². The molecule has 1 heterocycles. The van der Waals surface area contributed by atoms with Crippen LogP contribution in [0.2, 0.25) is 0 Å². The topological polar surface area (TPSA) is 135 Å². The number of aromatic hydroxyl groups is 1. The molecule has 0 unspecified atom stereocenters. The summed E-state index contributed by atoms with van der Waals surface area (Å²) in [7, 11) is 0. The van der Waals surface area contributed by atoms with Crippen LogP contribution in [0.25, 0.3) is 10.8 Å². The monoisotopic (exact) mass is 624 g/mol. The average molecular weight is 625 g/mol. The standard InChI is InChI=1S/C32H21BrN2O7/c33-24-14-26(37)29-23(30(24)38)13-22-20(27(29)19-11-12-25(36)18-4-2-1-3-17(18)19)9-10-21-28(22)32(40)34(31(21)39)15-5-7-16(8-6-15)35(41)42/h1-9,11-12,14,21-22,27-28,36H,10,13H2/t21-,22+,27-,28-/m0/s1. The fourth-order valence-corrected chi connectivity index (χ4v) is 7.55. The van der Waals surface area contributed by atoms with E-state index < -0.39 is 40.4 Å². The number of Topliss-reactive ketones (excluding diaryl/α,β-unsaturated/α-hetero) is 1. The smallest absolute Gasteiger partial charge is 0.269 e. The highest BCUT2D eigenvalue weighted by Crippen LogP contribution is 2.56. The zero-order valence-corrected chi connectivity index (χ0v) is 23.4. The van der Waals surface area contributed by atoms with Crippen LogP contribution in [0.4, 0.5) is 11.4 Å². The number of hydrogen-bond donors (Lipinski definition) is 1. The number of phenols is 1. The van der Waals surface area contributed by atoms with Gasteiger partial charge in [0.25, 0.3) is 5.69 Å². The molecule has 0 spiro atoms. The molecular weight excluding hydrogens is 604 g/mol. The lowest BCUT2D eigenvalue weighted by atomic mass is 9.59. The summed E-state index contributed by atoms with van der Waals surface area (Å²) in [4.78, 5) is 66.3. The number of amides is 2. The molecule has 1 aliphatic heterocycles. The number of anilines is 1. The van der Waals surface area contributed by atoms with Crippen LogP contribution in [-0.4, -0.2) is 33.4 Å². The summed E-state index contributed by atoms with van der Waals surface area (Å²) in [6.07, 6.45) is 3.60. The van der Waals surface area contributed by atoms with Crippen LogP contribution >= 0.6 is 15.9 Å². The van der Waals surface area contributed by atoms with Crippen molar-refractivity contribution in [1.82, 2.24) is 0 Å². The Bertz CT molecular complexity index is 1890. The van der Waals surface area contributed by atoms with Crippen LogP contribution in [0.15, 0.2) is 94.0 Å². The second-order valence-electron chi connectivity index (χ2n) is 10.9. The van der Waals surface area contributed by atoms with Crippen molar-refractivity contribution in [3.8, 4) is 5.75 Å². The van der Waals surface area contributed by atoms with Crippen LogP contribution < -0.4 is 4.90 Å². The van der Waals surface area contributed by atoms with Gasteiger partial charge in [0.05, 0.1) is 26.9 Å². The molecule has 0 radical (unpaired) electrons. The molecule has 208 valence electrons. The maximum atomic E-state index is 14.0. The van der Waals surface area contributed by atoms with Crippen molar-refractivity contribution in [2.45, 2.75) is 18.8 Å². The average Bonchev–Trinajstić information content (AvgIpc) is 3.25.